The van der Waals surface area contributed by atoms with Crippen LogP contribution in [0.4, 0.5) is 0 Å². The minimum atomic E-state index is -0.466. The molecule has 3 N–H and O–H groups in total. The van der Waals surface area contributed by atoms with Crippen LogP contribution in [0.25, 0.3) is 0 Å². The third-order valence-corrected chi connectivity index (χ3v) is 3.90. The summed E-state index contributed by atoms with van der Waals surface area (Å²) in [4.78, 5) is 22.4. The second kappa shape index (κ2) is 4.85. The lowest BCUT2D eigenvalue weighted by Gasteiger charge is -2.04. The number of nitrogens with one attached hydrogen (secondary N) is 1. The Labute approximate surface area is 96.0 Å². The summed E-state index contributed by atoms with van der Waals surface area (Å²) >= 11 is 0. The molecule has 2 unspecified atom stereocenters. The van der Waals surface area contributed by atoms with E-state index in [0.717, 1.165) is 0 Å². The van der Waals surface area contributed by atoms with Gasteiger partial charge >= 0.3 is 0 Å². The highest BCUT2D eigenvalue weighted by atomic mass is 16.2. The normalized spacial score (nSPS) is 33.1. The standard InChI is InChI=1S/C12H20N2O2/c13-10(15)7-14-12(16)11-8-5-3-1-2-4-6-9(8)11/h8-9,11H,1-7H2,(H2,13,15)(H,14,16). The molecule has 2 atom stereocenters. The fourth-order valence-electron chi connectivity index (χ4n) is 3.03. The average molecular weight is 224 g/mol. The van der Waals surface area contributed by atoms with E-state index in [9.17, 15) is 9.59 Å². The van der Waals surface area contributed by atoms with E-state index >= 15 is 0 Å². The summed E-state index contributed by atoms with van der Waals surface area (Å²) in [7, 11) is 0. The largest absolute Gasteiger partial charge is 0.368 e. The highest BCUT2D eigenvalue weighted by molar-refractivity contribution is 5.86. The first kappa shape index (κ1) is 11.4. The minimum absolute atomic E-state index is 0.0191. The first-order chi connectivity index (χ1) is 7.70. The van der Waals surface area contributed by atoms with E-state index < -0.39 is 5.91 Å². The molecular weight excluding hydrogens is 204 g/mol. The second-order valence-electron chi connectivity index (χ2n) is 5.03. The Balaban J connectivity index is 1.81. The van der Waals surface area contributed by atoms with Gasteiger partial charge in [0.05, 0.1) is 6.54 Å². The van der Waals surface area contributed by atoms with Gasteiger partial charge in [-0.3, -0.25) is 9.59 Å². The molecule has 16 heavy (non-hydrogen) atoms. The molecule has 0 heterocycles. The van der Waals surface area contributed by atoms with E-state index in [-0.39, 0.29) is 18.4 Å². The summed E-state index contributed by atoms with van der Waals surface area (Å²) in [5, 5.41) is 2.63. The molecule has 4 nitrogen and oxygen atoms in total. The minimum Gasteiger partial charge on any atom is -0.368 e. The predicted molar refractivity (Wildman–Crippen MR) is 60.4 cm³/mol. The molecular formula is C12H20N2O2. The van der Waals surface area contributed by atoms with Crippen molar-refractivity contribution in [1.82, 2.24) is 5.32 Å². The number of nitrogens with two attached hydrogens (primary N) is 1. The molecule has 0 radical (unpaired) electrons. The molecule has 0 aliphatic heterocycles. The smallest absolute Gasteiger partial charge is 0.236 e. The molecule has 0 aromatic heterocycles. The van der Waals surface area contributed by atoms with Crippen LogP contribution in [0.5, 0.6) is 0 Å². The van der Waals surface area contributed by atoms with Crippen molar-refractivity contribution in [3.63, 3.8) is 0 Å². The van der Waals surface area contributed by atoms with Crippen molar-refractivity contribution in [1.29, 1.82) is 0 Å². The molecule has 2 saturated carbocycles. The maximum atomic E-state index is 11.8. The average Bonchev–Trinajstić information content (AvgIpc) is 2.86. The summed E-state index contributed by atoms with van der Waals surface area (Å²) in [6.45, 7) is -0.0191. The summed E-state index contributed by atoms with van der Waals surface area (Å²) in [5.74, 6) is 0.890. The lowest BCUT2D eigenvalue weighted by Crippen LogP contribution is -2.34. The summed E-state index contributed by atoms with van der Waals surface area (Å²) in [5.41, 5.74) is 5.00. The van der Waals surface area contributed by atoms with Crippen LogP contribution in [0.1, 0.15) is 38.5 Å². The highest BCUT2D eigenvalue weighted by Gasteiger charge is 2.53. The number of amides is 2. The Hall–Kier alpha value is -1.06. The lowest BCUT2D eigenvalue weighted by molar-refractivity contribution is -0.126. The molecule has 4 heteroatoms. The number of carbonyl (C=O) groups excluding carboxylic acids is 2. The van der Waals surface area contributed by atoms with Gasteiger partial charge < -0.3 is 11.1 Å². The van der Waals surface area contributed by atoms with Gasteiger partial charge in [0.25, 0.3) is 0 Å². The van der Waals surface area contributed by atoms with Crippen molar-refractivity contribution >= 4 is 11.8 Å². The van der Waals surface area contributed by atoms with E-state index in [2.05, 4.69) is 5.32 Å². The van der Waals surface area contributed by atoms with Crippen molar-refractivity contribution in [2.24, 2.45) is 23.5 Å². The summed E-state index contributed by atoms with van der Waals surface area (Å²) in [6.07, 6.45) is 7.47. The quantitative estimate of drug-likeness (QED) is 0.744. The van der Waals surface area contributed by atoms with Gasteiger partial charge in [0.15, 0.2) is 0 Å². The maximum absolute atomic E-state index is 11.8. The monoisotopic (exact) mass is 224 g/mol. The van der Waals surface area contributed by atoms with Gasteiger partial charge in [-0.2, -0.15) is 0 Å². The lowest BCUT2D eigenvalue weighted by atomic mass is 10.0. The fraction of sp³-hybridized carbons (Fsp3) is 0.833. The zero-order chi connectivity index (χ0) is 11.5. The van der Waals surface area contributed by atoms with Crippen LogP contribution < -0.4 is 11.1 Å². The number of fused-ring (bicyclic) bond motifs is 1. The predicted octanol–water partition coefficient (Wildman–Crippen LogP) is 0.804. The van der Waals surface area contributed by atoms with Crippen molar-refractivity contribution in [2.45, 2.75) is 38.5 Å². The Morgan fingerprint density at radius 1 is 1.06 bits per heavy atom. The van der Waals surface area contributed by atoms with Gasteiger partial charge in [-0.1, -0.05) is 25.7 Å². The number of carbonyl (C=O) groups is 2. The van der Waals surface area contributed by atoms with Gasteiger partial charge in [-0.15, -0.1) is 0 Å². The molecule has 0 spiro atoms. The third kappa shape index (κ3) is 2.54. The summed E-state index contributed by atoms with van der Waals surface area (Å²) < 4.78 is 0. The number of primary amides is 1. The van der Waals surface area contributed by atoms with Crippen LogP contribution in [-0.4, -0.2) is 18.4 Å². The van der Waals surface area contributed by atoms with Crippen molar-refractivity contribution in [2.75, 3.05) is 6.54 Å². The zero-order valence-electron chi connectivity index (χ0n) is 9.58. The van der Waals surface area contributed by atoms with Crippen LogP contribution in [0.2, 0.25) is 0 Å². The Morgan fingerprint density at radius 2 is 1.62 bits per heavy atom. The molecule has 90 valence electrons. The van der Waals surface area contributed by atoms with Gasteiger partial charge in [0, 0.05) is 5.92 Å². The first-order valence-corrected chi connectivity index (χ1v) is 6.26. The number of hydrogen-bond donors (Lipinski definition) is 2. The maximum Gasteiger partial charge on any atom is 0.236 e. The van der Waals surface area contributed by atoms with Crippen LogP contribution >= 0.6 is 0 Å². The van der Waals surface area contributed by atoms with Gasteiger partial charge in [-0.25, -0.2) is 0 Å². The molecule has 2 rings (SSSR count). The Kier molecular flexibility index (Phi) is 3.46. The molecule has 2 aliphatic rings. The number of hydrogen-bond acceptors (Lipinski definition) is 2. The molecule has 0 aromatic rings. The summed E-state index contributed by atoms with van der Waals surface area (Å²) in [6, 6.07) is 0. The first-order valence-electron chi connectivity index (χ1n) is 6.26. The molecule has 2 aliphatic carbocycles. The van der Waals surface area contributed by atoms with Crippen LogP contribution in [0.3, 0.4) is 0 Å². The molecule has 2 fully saturated rings. The van der Waals surface area contributed by atoms with E-state index in [0.29, 0.717) is 11.8 Å². The second-order valence-corrected chi connectivity index (χ2v) is 5.03. The van der Waals surface area contributed by atoms with E-state index in [1.54, 1.807) is 0 Å². The van der Waals surface area contributed by atoms with Crippen LogP contribution in [0, 0.1) is 17.8 Å². The van der Waals surface area contributed by atoms with Crippen LogP contribution in [-0.2, 0) is 9.59 Å². The molecule has 0 aromatic carbocycles. The van der Waals surface area contributed by atoms with Crippen molar-refractivity contribution in [3.05, 3.63) is 0 Å². The molecule has 2 amide bonds. The van der Waals surface area contributed by atoms with Gasteiger partial charge in [-0.05, 0) is 24.7 Å². The van der Waals surface area contributed by atoms with E-state index in [1.165, 1.54) is 38.5 Å². The molecule has 0 bridgehead atoms. The SMILES string of the molecule is NC(=O)CNC(=O)C1C2CCCCCCC21. The van der Waals surface area contributed by atoms with E-state index in [1.807, 2.05) is 0 Å². The van der Waals surface area contributed by atoms with Crippen LogP contribution in [0.15, 0.2) is 0 Å². The highest BCUT2D eigenvalue weighted by Crippen LogP contribution is 2.53. The Morgan fingerprint density at radius 3 is 2.12 bits per heavy atom. The van der Waals surface area contributed by atoms with Crippen molar-refractivity contribution < 1.29 is 9.59 Å². The number of rotatable bonds is 3. The topological polar surface area (TPSA) is 72.2 Å². The van der Waals surface area contributed by atoms with Gasteiger partial charge in [0.1, 0.15) is 0 Å². The third-order valence-electron chi connectivity index (χ3n) is 3.90. The zero-order valence-corrected chi connectivity index (χ0v) is 9.58. The van der Waals surface area contributed by atoms with Gasteiger partial charge in [0.2, 0.25) is 11.8 Å². The van der Waals surface area contributed by atoms with E-state index in [4.69, 9.17) is 5.73 Å². The fourth-order valence-corrected chi connectivity index (χ4v) is 3.03. The molecule has 0 saturated heterocycles. The Bertz CT molecular complexity index is 277. The van der Waals surface area contributed by atoms with Crippen molar-refractivity contribution in [3.8, 4) is 0 Å².